The van der Waals surface area contributed by atoms with Crippen LogP contribution in [0.1, 0.15) is 32.6 Å². The third-order valence-electron chi connectivity index (χ3n) is 3.05. The predicted molar refractivity (Wildman–Crippen MR) is 56.0 cm³/mol. The number of amides is 1. The number of aliphatic imine (C=N–C) groups is 1. The van der Waals surface area contributed by atoms with E-state index in [0.29, 0.717) is 11.7 Å². The molecule has 1 fully saturated rings. The first-order chi connectivity index (χ1) is 6.29. The van der Waals surface area contributed by atoms with Crippen LogP contribution in [0.5, 0.6) is 0 Å². The molecule has 0 spiro atoms. The zero-order valence-corrected chi connectivity index (χ0v) is 8.77. The van der Waals surface area contributed by atoms with Gasteiger partial charge in [-0.05, 0) is 25.2 Å². The molecule has 0 N–H and O–H groups in total. The van der Waals surface area contributed by atoms with Crippen LogP contribution in [-0.2, 0) is 4.79 Å². The Bertz CT molecular complexity index is 249. The Morgan fingerprint density at radius 3 is 2.92 bits per heavy atom. The molecule has 72 valence electrons. The Hall–Kier alpha value is -0.310. The molecule has 2 rings (SSSR count). The second-order valence-electron chi connectivity index (χ2n) is 3.92. The summed E-state index contributed by atoms with van der Waals surface area (Å²) in [7, 11) is 0. The molecule has 2 nitrogen and oxygen atoms in total. The Morgan fingerprint density at radius 2 is 2.38 bits per heavy atom. The van der Waals surface area contributed by atoms with Crippen molar-refractivity contribution in [2.24, 2.45) is 16.8 Å². The van der Waals surface area contributed by atoms with Crippen LogP contribution in [-0.4, -0.2) is 16.7 Å². The van der Waals surface area contributed by atoms with Gasteiger partial charge < -0.3 is 0 Å². The van der Waals surface area contributed by atoms with E-state index >= 15 is 0 Å². The fraction of sp³-hybridized carbons (Fsp3) is 0.800. The first-order valence-electron chi connectivity index (χ1n) is 5.03. The van der Waals surface area contributed by atoms with Crippen molar-refractivity contribution < 1.29 is 4.79 Å². The number of nitrogens with zero attached hydrogens (tertiary/aromatic N) is 1. The first-order valence-corrected chi connectivity index (χ1v) is 6.02. The van der Waals surface area contributed by atoms with E-state index < -0.39 is 0 Å². The molecule has 0 aromatic rings. The van der Waals surface area contributed by atoms with E-state index in [1.165, 1.54) is 25.7 Å². The van der Waals surface area contributed by atoms with Crippen molar-refractivity contribution in [2.75, 3.05) is 5.75 Å². The molecule has 1 saturated carbocycles. The molecule has 2 atom stereocenters. The minimum Gasteiger partial charge on any atom is -0.272 e. The Morgan fingerprint density at radius 1 is 1.54 bits per heavy atom. The number of hydrogen-bond donors (Lipinski definition) is 0. The average molecular weight is 197 g/mol. The van der Waals surface area contributed by atoms with E-state index in [-0.39, 0.29) is 5.91 Å². The molecule has 0 radical (unpaired) electrons. The lowest BCUT2D eigenvalue weighted by Crippen LogP contribution is -2.05. The minimum absolute atomic E-state index is 0.0694. The van der Waals surface area contributed by atoms with Crippen LogP contribution < -0.4 is 0 Å². The highest BCUT2D eigenvalue weighted by atomic mass is 32.2. The van der Waals surface area contributed by atoms with Crippen molar-refractivity contribution in [1.82, 2.24) is 0 Å². The molecule has 0 aromatic heterocycles. The summed E-state index contributed by atoms with van der Waals surface area (Å²) >= 11 is 1.66. The molecule has 0 aromatic carbocycles. The maximum atomic E-state index is 11.0. The largest absolute Gasteiger partial charge is 0.272 e. The van der Waals surface area contributed by atoms with Crippen LogP contribution in [0.2, 0.25) is 0 Å². The quantitative estimate of drug-likeness (QED) is 0.680. The zero-order chi connectivity index (χ0) is 9.26. The van der Waals surface area contributed by atoms with Gasteiger partial charge in [-0.25, -0.2) is 4.99 Å². The topological polar surface area (TPSA) is 29.4 Å². The number of hydrogen-bond acceptors (Lipinski definition) is 2. The van der Waals surface area contributed by atoms with Crippen LogP contribution in [0.25, 0.3) is 0 Å². The highest BCUT2D eigenvalue weighted by Gasteiger charge is 2.30. The number of carbonyl (C=O) groups is 1. The Balaban J connectivity index is 1.96. The second kappa shape index (κ2) is 3.82. The summed E-state index contributed by atoms with van der Waals surface area (Å²) in [6, 6.07) is 0. The molecular weight excluding hydrogens is 182 g/mol. The first kappa shape index (κ1) is 9.25. The molecule has 2 unspecified atom stereocenters. The monoisotopic (exact) mass is 197 g/mol. The molecular formula is C10H15NOS. The lowest BCUT2D eigenvalue weighted by atomic mass is 10.0. The maximum Gasteiger partial charge on any atom is 0.256 e. The number of rotatable bonds is 2. The van der Waals surface area contributed by atoms with Crippen LogP contribution in [0, 0.1) is 11.8 Å². The van der Waals surface area contributed by atoms with Gasteiger partial charge in [-0.3, -0.25) is 4.79 Å². The smallest absolute Gasteiger partial charge is 0.256 e. The van der Waals surface area contributed by atoms with Gasteiger partial charge in [0.05, 0.1) is 10.8 Å². The molecule has 0 saturated heterocycles. The van der Waals surface area contributed by atoms with Crippen molar-refractivity contribution in [3.05, 3.63) is 0 Å². The average Bonchev–Trinajstić information content (AvgIpc) is 2.71. The van der Waals surface area contributed by atoms with E-state index in [1.54, 1.807) is 11.8 Å². The standard InChI is InChI=1S/C10H15NOS/c1-2-7-3-4-8(5-7)10-11-9(12)6-13-10/h7-8H,2-6H2,1H3. The third-order valence-corrected chi connectivity index (χ3v) is 4.16. The van der Waals surface area contributed by atoms with Gasteiger partial charge in [0.2, 0.25) is 0 Å². The molecule has 1 heterocycles. The maximum absolute atomic E-state index is 11.0. The summed E-state index contributed by atoms with van der Waals surface area (Å²) in [5.74, 6) is 2.15. The van der Waals surface area contributed by atoms with Gasteiger partial charge in [0.15, 0.2) is 0 Å². The van der Waals surface area contributed by atoms with E-state index in [0.717, 1.165) is 11.0 Å². The third kappa shape index (κ3) is 1.96. The van der Waals surface area contributed by atoms with E-state index in [1.807, 2.05) is 0 Å². The summed E-state index contributed by atoms with van der Waals surface area (Å²) in [6.07, 6.45) is 5.12. The van der Waals surface area contributed by atoms with Gasteiger partial charge in [0, 0.05) is 5.92 Å². The van der Waals surface area contributed by atoms with Gasteiger partial charge in [0.1, 0.15) is 0 Å². The summed E-state index contributed by atoms with van der Waals surface area (Å²) in [4.78, 5) is 15.0. The van der Waals surface area contributed by atoms with Crippen molar-refractivity contribution in [3.8, 4) is 0 Å². The van der Waals surface area contributed by atoms with Crippen LogP contribution in [0.4, 0.5) is 0 Å². The molecule has 1 aliphatic heterocycles. The van der Waals surface area contributed by atoms with Crippen LogP contribution in [0.3, 0.4) is 0 Å². The summed E-state index contributed by atoms with van der Waals surface area (Å²) < 4.78 is 0. The number of carbonyl (C=O) groups excluding carboxylic acids is 1. The van der Waals surface area contributed by atoms with Gasteiger partial charge in [-0.2, -0.15) is 0 Å². The molecule has 2 aliphatic rings. The molecule has 1 amide bonds. The Kier molecular flexibility index (Phi) is 2.72. The molecule has 1 aliphatic carbocycles. The van der Waals surface area contributed by atoms with Crippen molar-refractivity contribution in [2.45, 2.75) is 32.6 Å². The summed E-state index contributed by atoms with van der Waals surface area (Å²) in [5.41, 5.74) is 0. The fourth-order valence-corrected chi connectivity index (χ4v) is 3.15. The number of thioether (sulfide) groups is 1. The van der Waals surface area contributed by atoms with E-state index in [9.17, 15) is 4.79 Å². The van der Waals surface area contributed by atoms with Gasteiger partial charge in [-0.15, -0.1) is 11.8 Å². The molecule has 13 heavy (non-hydrogen) atoms. The van der Waals surface area contributed by atoms with E-state index in [4.69, 9.17) is 0 Å². The zero-order valence-electron chi connectivity index (χ0n) is 7.95. The van der Waals surface area contributed by atoms with Crippen molar-refractivity contribution >= 4 is 22.7 Å². The summed E-state index contributed by atoms with van der Waals surface area (Å²) in [5, 5.41) is 1.13. The highest BCUT2D eigenvalue weighted by molar-refractivity contribution is 8.15. The van der Waals surface area contributed by atoms with Gasteiger partial charge >= 0.3 is 0 Å². The summed E-state index contributed by atoms with van der Waals surface area (Å²) in [6.45, 7) is 2.25. The fourth-order valence-electron chi connectivity index (χ4n) is 2.20. The van der Waals surface area contributed by atoms with Gasteiger partial charge in [-0.1, -0.05) is 13.3 Å². The highest BCUT2D eigenvalue weighted by Crippen LogP contribution is 2.37. The SMILES string of the molecule is CCC1CCC(C2=NC(=O)CS2)C1. The molecule has 3 heteroatoms. The van der Waals surface area contributed by atoms with Crippen molar-refractivity contribution in [3.63, 3.8) is 0 Å². The lowest BCUT2D eigenvalue weighted by Gasteiger charge is -2.07. The Labute approximate surface area is 83.2 Å². The van der Waals surface area contributed by atoms with Crippen LogP contribution in [0.15, 0.2) is 4.99 Å². The minimum atomic E-state index is 0.0694. The van der Waals surface area contributed by atoms with Crippen LogP contribution >= 0.6 is 11.8 Å². The lowest BCUT2D eigenvalue weighted by molar-refractivity contribution is -0.115. The predicted octanol–water partition coefficient (Wildman–Crippen LogP) is 2.48. The van der Waals surface area contributed by atoms with Crippen molar-refractivity contribution in [1.29, 1.82) is 0 Å². The second-order valence-corrected chi connectivity index (χ2v) is 4.91. The normalized spacial score (nSPS) is 33.9. The molecule has 0 bridgehead atoms. The van der Waals surface area contributed by atoms with E-state index in [2.05, 4.69) is 11.9 Å². The van der Waals surface area contributed by atoms with Gasteiger partial charge in [0.25, 0.3) is 5.91 Å².